The molecule has 3 aromatic rings. The van der Waals surface area contributed by atoms with E-state index < -0.39 is 0 Å². The zero-order chi connectivity index (χ0) is 17.6. The normalized spacial score (nSPS) is 15.7. The smallest absolute Gasteiger partial charge is 0.213 e. The second kappa shape index (κ2) is 8.26. The van der Waals surface area contributed by atoms with Crippen molar-refractivity contribution in [1.29, 1.82) is 0 Å². The van der Waals surface area contributed by atoms with Gasteiger partial charge in [-0.05, 0) is 23.6 Å². The third-order valence-corrected chi connectivity index (χ3v) is 4.72. The van der Waals surface area contributed by atoms with Crippen LogP contribution in [0.1, 0.15) is 24.0 Å². The summed E-state index contributed by atoms with van der Waals surface area (Å²) in [6, 6.07) is 21.1. The summed E-state index contributed by atoms with van der Waals surface area (Å²) in [6.07, 6.45) is 8.30. The molecule has 132 valence electrons. The first kappa shape index (κ1) is 17.0. The van der Waals surface area contributed by atoms with Gasteiger partial charge < -0.3 is 9.47 Å². The summed E-state index contributed by atoms with van der Waals surface area (Å²) < 4.78 is 13.6. The van der Waals surface area contributed by atoms with Crippen LogP contribution in [0, 0.1) is 0 Å². The van der Waals surface area contributed by atoms with Gasteiger partial charge in [-0.1, -0.05) is 54.6 Å². The van der Waals surface area contributed by atoms with Crippen LogP contribution in [0.2, 0.25) is 0 Å². The van der Waals surface area contributed by atoms with Crippen LogP contribution in [-0.2, 0) is 16.0 Å². The molecule has 2 heterocycles. The van der Waals surface area contributed by atoms with E-state index in [9.17, 15) is 0 Å². The zero-order valence-corrected chi connectivity index (χ0v) is 14.9. The lowest BCUT2D eigenvalue weighted by Crippen LogP contribution is -2.38. The molecule has 0 N–H and O–H groups in total. The largest absolute Gasteiger partial charge is 0.352 e. The highest BCUT2D eigenvalue weighted by Crippen LogP contribution is 2.18. The standard InChI is InChI=1S/C23H24NO2/c1-2-7-19(8-3-1)11-12-20-13-15-24(22-10-5-4-9-21(20)22)16-14-23-25-17-6-18-26-23/h1-5,7-13,15,23H,6,14,16-18H2/q+1/b12-11+. The Morgan fingerprint density at radius 3 is 2.50 bits per heavy atom. The number of aromatic nitrogens is 1. The predicted molar refractivity (Wildman–Crippen MR) is 104 cm³/mol. The molecule has 4 rings (SSSR count). The molecular formula is C23H24NO2+. The Morgan fingerprint density at radius 1 is 0.885 bits per heavy atom. The summed E-state index contributed by atoms with van der Waals surface area (Å²) in [5.41, 5.74) is 3.67. The first-order valence-corrected chi connectivity index (χ1v) is 9.28. The molecule has 26 heavy (non-hydrogen) atoms. The maximum atomic E-state index is 5.68. The van der Waals surface area contributed by atoms with E-state index in [1.165, 1.54) is 22.0 Å². The quantitative estimate of drug-likeness (QED) is 0.637. The highest BCUT2D eigenvalue weighted by Gasteiger charge is 2.18. The fraction of sp³-hybridized carbons (Fsp3) is 0.261. The Labute approximate surface area is 154 Å². The molecule has 0 spiro atoms. The summed E-state index contributed by atoms with van der Waals surface area (Å²) in [4.78, 5) is 0. The molecule has 0 saturated carbocycles. The predicted octanol–water partition coefficient (Wildman–Crippen LogP) is 4.45. The molecule has 3 nitrogen and oxygen atoms in total. The van der Waals surface area contributed by atoms with E-state index in [2.05, 4.69) is 77.5 Å². The summed E-state index contributed by atoms with van der Waals surface area (Å²) in [5.74, 6) is 0. The average Bonchev–Trinajstić information content (AvgIpc) is 2.72. The fourth-order valence-electron chi connectivity index (χ4n) is 3.35. The number of rotatable bonds is 5. The second-order valence-corrected chi connectivity index (χ2v) is 6.54. The Bertz CT molecular complexity index is 883. The summed E-state index contributed by atoms with van der Waals surface area (Å²) in [7, 11) is 0. The Morgan fingerprint density at radius 2 is 1.65 bits per heavy atom. The molecule has 0 unspecified atom stereocenters. The third-order valence-electron chi connectivity index (χ3n) is 4.72. The molecule has 1 aromatic heterocycles. The van der Waals surface area contributed by atoms with Crippen LogP contribution in [0.5, 0.6) is 0 Å². The van der Waals surface area contributed by atoms with Crippen molar-refractivity contribution in [2.45, 2.75) is 25.7 Å². The van der Waals surface area contributed by atoms with Gasteiger partial charge in [-0.15, -0.1) is 0 Å². The minimum Gasteiger partial charge on any atom is -0.352 e. The van der Waals surface area contributed by atoms with Crippen molar-refractivity contribution in [2.75, 3.05) is 13.2 Å². The van der Waals surface area contributed by atoms with E-state index in [0.717, 1.165) is 32.6 Å². The maximum Gasteiger partial charge on any atom is 0.213 e. The molecule has 0 radical (unpaired) electrons. The van der Waals surface area contributed by atoms with Crippen molar-refractivity contribution in [3.63, 3.8) is 0 Å². The van der Waals surface area contributed by atoms with Crippen LogP contribution < -0.4 is 4.57 Å². The SMILES string of the molecule is C(=C\c1cc[n+](CCC2OCCCO2)c2ccccc12)/c1ccccc1. The van der Waals surface area contributed by atoms with Crippen molar-refractivity contribution in [3.8, 4) is 0 Å². The van der Waals surface area contributed by atoms with Crippen LogP contribution in [0.15, 0.2) is 66.9 Å². The number of fused-ring (bicyclic) bond motifs is 1. The monoisotopic (exact) mass is 346 g/mol. The van der Waals surface area contributed by atoms with Gasteiger partial charge in [0.05, 0.1) is 25.0 Å². The van der Waals surface area contributed by atoms with Crippen molar-refractivity contribution < 1.29 is 14.0 Å². The van der Waals surface area contributed by atoms with Crippen LogP contribution in [0.25, 0.3) is 23.1 Å². The van der Waals surface area contributed by atoms with Gasteiger partial charge in [-0.3, -0.25) is 0 Å². The summed E-state index contributed by atoms with van der Waals surface area (Å²) in [5, 5.41) is 1.26. The van der Waals surface area contributed by atoms with Gasteiger partial charge >= 0.3 is 0 Å². The molecule has 0 bridgehead atoms. The van der Waals surface area contributed by atoms with Crippen LogP contribution in [0.4, 0.5) is 0 Å². The Balaban J connectivity index is 1.57. The van der Waals surface area contributed by atoms with E-state index >= 15 is 0 Å². The van der Waals surface area contributed by atoms with Crippen molar-refractivity contribution in [3.05, 3.63) is 78.0 Å². The van der Waals surface area contributed by atoms with E-state index in [1.807, 2.05) is 6.07 Å². The molecule has 1 fully saturated rings. The molecule has 1 aliphatic heterocycles. The average molecular weight is 346 g/mol. The minimum atomic E-state index is -0.0762. The highest BCUT2D eigenvalue weighted by molar-refractivity contribution is 5.88. The van der Waals surface area contributed by atoms with Crippen molar-refractivity contribution >= 4 is 23.1 Å². The van der Waals surface area contributed by atoms with Gasteiger partial charge in [-0.2, -0.15) is 4.57 Å². The molecule has 1 aliphatic rings. The third kappa shape index (κ3) is 4.01. The number of aryl methyl sites for hydroxylation is 1. The second-order valence-electron chi connectivity index (χ2n) is 6.54. The Kier molecular flexibility index (Phi) is 5.38. The number of hydrogen-bond acceptors (Lipinski definition) is 2. The number of para-hydroxylation sites is 1. The lowest BCUT2D eigenvalue weighted by atomic mass is 10.1. The number of ether oxygens (including phenoxy) is 2. The number of benzene rings is 2. The lowest BCUT2D eigenvalue weighted by Gasteiger charge is -2.22. The van der Waals surface area contributed by atoms with Crippen LogP contribution in [0.3, 0.4) is 0 Å². The maximum absolute atomic E-state index is 5.68. The van der Waals surface area contributed by atoms with Gasteiger partial charge in [0, 0.05) is 12.1 Å². The highest BCUT2D eigenvalue weighted by atomic mass is 16.7. The van der Waals surface area contributed by atoms with Crippen LogP contribution in [-0.4, -0.2) is 19.5 Å². The van der Waals surface area contributed by atoms with Gasteiger partial charge in [0.1, 0.15) is 0 Å². The molecule has 0 amide bonds. The summed E-state index contributed by atoms with van der Waals surface area (Å²) >= 11 is 0. The molecule has 1 saturated heterocycles. The van der Waals surface area contributed by atoms with Gasteiger partial charge in [0.15, 0.2) is 19.0 Å². The van der Waals surface area contributed by atoms with Gasteiger partial charge in [-0.25, -0.2) is 0 Å². The van der Waals surface area contributed by atoms with E-state index in [-0.39, 0.29) is 6.29 Å². The Hall–Kier alpha value is -2.49. The van der Waals surface area contributed by atoms with Crippen LogP contribution >= 0.6 is 0 Å². The molecule has 0 atom stereocenters. The lowest BCUT2D eigenvalue weighted by molar-refractivity contribution is -0.673. The zero-order valence-electron chi connectivity index (χ0n) is 14.9. The number of pyridine rings is 1. The van der Waals surface area contributed by atoms with E-state index in [1.54, 1.807) is 0 Å². The van der Waals surface area contributed by atoms with Crippen molar-refractivity contribution in [2.24, 2.45) is 0 Å². The first-order valence-electron chi connectivity index (χ1n) is 9.28. The number of nitrogens with zero attached hydrogens (tertiary/aromatic N) is 1. The van der Waals surface area contributed by atoms with E-state index in [0.29, 0.717) is 0 Å². The summed E-state index contributed by atoms with van der Waals surface area (Å²) in [6.45, 7) is 2.49. The molecule has 3 heteroatoms. The molecule has 0 aliphatic carbocycles. The van der Waals surface area contributed by atoms with Gasteiger partial charge in [0.2, 0.25) is 5.52 Å². The molecule has 2 aromatic carbocycles. The topological polar surface area (TPSA) is 22.3 Å². The first-order chi connectivity index (χ1) is 12.9. The van der Waals surface area contributed by atoms with E-state index in [4.69, 9.17) is 9.47 Å². The van der Waals surface area contributed by atoms with Gasteiger partial charge in [0.25, 0.3) is 0 Å². The molecular weight excluding hydrogens is 322 g/mol. The van der Waals surface area contributed by atoms with Crippen molar-refractivity contribution in [1.82, 2.24) is 0 Å². The number of hydrogen-bond donors (Lipinski definition) is 0. The fourth-order valence-corrected chi connectivity index (χ4v) is 3.35. The minimum absolute atomic E-state index is 0.0762.